The molecular weight excluding hydrogens is 682 g/mol. The summed E-state index contributed by atoms with van der Waals surface area (Å²) in [5.41, 5.74) is -7.14. The standard InChI is InChI=1S/C37H47NO14/c1-8-38-15-35(49-7)22(40)13-23(46-4)36-20-14-34(44)30(51-33(43)19-11-17-9-10-18(45-3)12-21(17)50-32(19)42)24(20)37(52-16(2)39,29(41)31(34)48-6)25(28(36)38)26(47-5)27(35)36/h9-12,20,22-31,40-41,44H,8,13-15H2,1-7H3/t20?,22-,23+,24?,25?,26+,27?,28?,29+,30-,31+,34-,35+,36?,37-/m1/s1. The van der Waals surface area contributed by atoms with E-state index in [9.17, 15) is 29.7 Å². The van der Waals surface area contributed by atoms with Crippen LogP contribution in [0.2, 0.25) is 0 Å². The molecule has 15 heteroatoms. The fraction of sp³-hybridized carbons (Fsp3) is 0.703. The number of fused-ring (bicyclic) bond motifs is 3. The second-order valence-electron chi connectivity index (χ2n) is 15.4. The van der Waals surface area contributed by atoms with Crippen molar-refractivity contribution < 1.29 is 62.5 Å². The number of rotatable bonds is 9. The number of aliphatic hydroxyl groups is 3. The summed E-state index contributed by atoms with van der Waals surface area (Å²) in [6, 6.07) is 5.71. The Morgan fingerprint density at radius 1 is 1.02 bits per heavy atom. The highest BCUT2D eigenvalue weighted by Gasteiger charge is 2.92. The van der Waals surface area contributed by atoms with Crippen LogP contribution < -0.4 is 10.4 Å². The molecule has 5 saturated carbocycles. The fourth-order valence-corrected chi connectivity index (χ4v) is 12.7. The van der Waals surface area contributed by atoms with E-state index in [2.05, 4.69) is 4.90 Å². The molecule has 6 aliphatic rings. The first-order valence-corrected chi connectivity index (χ1v) is 17.8. The van der Waals surface area contributed by atoms with Crippen LogP contribution >= 0.6 is 0 Å². The number of benzene rings is 1. The van der Waals surface area contributed by atoms with Gasteiger partial charge in [-0.1, -0.05) is 6.92 Å². The van der Waals surface area contributed by atoms with Crippen LogP contribution in [-0.2, 0) is 33.2 Å². The molecule has 2 heterocycles. The van der Waals surface area contributed by atoms with E-state index in [4.69, 9.17) is 37.6 Å². The third-order valence-corrected chi connectivity index (χ3v) is 14.0. The van der Waals surface area contributed by atoms with Gasteiger partial charge in [0.25, 0.3) is 0 Å². The molecule has 1 aliphatic heterocycles. The van der Waals surface area contributed by atoms with Gasteiger partial charge in [0.15, 0.2) is 5.60 Å². The van der Waals surface area contributed by atoms with Gasteiger partial charge in [-0.2, -0.15) is 0 Å². The monoisotopic (exact) mass is 729 g/mol. The Morgan fingerprint density at radius 2 is 1.77 bits per heavy atom. The number of piperidine rings is 1. The normalized spacial score (nSPS) is 45.5. The number of esters is 2. The van der Waals surface area contributed by atoms with Gasteiger partial charge in [0, 0.05) is 89.0 Å². The van der Waals surface area contributed by atoms with Crippen molar-refractivity contribution in [3.05, 3.63) is 40.2 Å². The van der Waals surface area contributed by atoms with E-state index in [1.165, 1.54) is 33.3 Å². The number of ether oxygens (including phenoxy) is 7. The summed E-state index contributed by atoms with van der Waals surface area (Å²) in [7, 11) is 7.49. The maximum atomic E-state index is 14.2. The van der Waals surface area contributed by atoms with E-state index in [0.29, 0.717) is 24.2 Å². The maximum absolute atomic E-state index is 14.2. The smallest absolute Gasteiger partial charge is 0.351 e. The lowest BCUT2D eigenvalue weighted by atomic mass is 9.44. The highest BCUT2D eigenvalue weighted by atomic mass is 16.6. The van der Waals surface area contributed by atoms with E-state index in [1.807, 2.05) is 6.92 Å². The van der Waals surface area contributed by atoms with Gasteiger partial charge in [-0.05, 0) is 37.1 Å². The van der Waals surface area contributed by atoms with Gasteiger partial charge >= 0.3 is 17.6 Å². The van der Waals surface area contributed by atoms with Crippen molar-refractivity contribution in [2.24, 2.45) is 29.1 Å². The number of methoxy groups -OCH3 is 5. The van der Waals surface area contributed by atoms with E-state index in [-0.39, 0.29) is 18.4 Å². The summed E-state index contributed by atoms with van der Waals surface area (Å²) >= 11 is 0. The van der Waals surface area contributed by atoms with Crippen LogP contribution in [0, 0.1) is 29.1 Å². The van der Waals surface area contributed by atoms with Gasteiger partial charge < -0.3 is 52.9 Å². The number of carbonyl (C=O) groups is 2. The Kier molecular flexibility index (Phi) is 8.22. The van der Waals surface area contributed by atoms with Crippen LogP contribution in [0.4, 0.5) is 0 Å². The predicted octanol–water partition coefficient (Wildman–Crippen LogP) is 0.516. The van der Waals surface area contributed by atoms with Crippen molar-refractivity contribution in [3.63, 3.8) is 0 Å². The lowest BCUT2D eigenvalue weighted by molar-refractivity contribution is -0.328. The van der Waals surface area contributed by atoms with Crippen LogP contribution in [0.15, 0.2) is 33.5 Å². The zero-order valence-electron chi connectivity index (χ0n) is 30.3. The van der Waals surface area contributed by atoms with Gasteiger partial charge in [0.05, 0.1) is 25.4 Å². The summed E-state index contributed by atoms with van der Waals surface area (Å²) in [4.78, 5) is 43.0. The van der Waals surface area contributed by atoms with E-state index in [0.717, 1.165) is 0 Å². The average molecular weight is 730 g/mol. The minimum atomic E-state index is -2.02. The zero-order valence-corrected chi connectivity index (χ0v) is 30.3. The Bertz CT molecular complexity index is 1850. The van der Waals surface area contributed by atoms with Gasteiger partial charge in [0.2, 0.25) is 0 Å². The van der Waals surface area contributed by atoms with Gasteiger partial charge in [-0.25, -0.2) is 9.59 Å². The molecule has 0 radical (unpaired) electrons. The molecule has 1 aromatic carbocycles. The summed E-state index contributed by atoms with van der Waals surface area (Å²) in [6.07, 6.45) is -6.69. The largest absolute Gasteiger partial charge is 0.497 e. The summed E-state index contributed by atoms with van der Waals surface area (Å²) in [6.45, 7) is 4.06. The van der Waals surface area contributed by atoms with E-state index in [1.54, 1.807) is 33.5 Å². The molecule has 0 amide bonds. The fourth-order valence-electron chi connectivity index (χ4n) is 12.7. The molecule has 1 saturated heterocycles. The first-order valence-electron chi connectivity index (χ1n) is 17.8. The third-order valence-electron chi connectivity index (χ3n) is 14.0. The molecule has 52 heavy (non-hydrogen) atoms. The Hall–Kier alpha value is -3.15. The second kappa shape index (κ2) is 11.9. The number of nitrogens with zero attached hydrogens (tertiary/aromatic N) is 1. The lowest BCUT2D eigenvalue weighted by Gasteiger charge is -2.69. The molecule has 6 unspecified atom stereocenters. The first kappa shape index (κ1) is 35.9. The first-order chi connectivity index (χ1) is 24.8. The highest BCUT2D eigenvalue weighted by molar-refractivity contribution is 5.93. The van der Waals surface area contributed by atoms with Gasteiger partial charge in [-0.15, -0.1) is 0 Å². The quantitative estimate of drug-likeness (QED) is 0.239. The van der Waals surface area contributed by atoms with Gasteiger partial charge in [-0.3, -0.25) is 9.69 Å². The number of hydrogen-bond acceptors (Lipinski definition) is 15. The van der Waals surface area contributed by atoms with Crippen LogP contribution in [0.25, 0.3) is 11.0 Å². The number of likely N-dealkylation sites (N-methyl/N-ethyl adjacent to an activating group) is 1. The highest BCUT2D eigenvalue weighted by Crippen LogP contribution is 2.79. The molecular formula is C37H47NO14. The predicted molar refractivity (Wildman–Crippen MR) is 178 cm³/mol. The lowest BCUT2D eigenvalue weighted by Crippen LogP contribution is -2.82. The van der Waals surface area contributed by atoms with Crippen molar-refractivity contribution in [3.8, 4) is 5.75 Å². The van der Waals surface area contributed by atoms with Crippen molar-refractivity contribution >= 4 is 22.9 Å². The molecule has 15 nitrogen and oxygen atoms in total. The number of carbonyl (C=O) groups excluding carboxylic acids is 2. The molecule has 2 aromatic rings. The SMILES string of the molecule is CCN1C[C@@]2(OC)C3[C@@H](OC)C4C1C3(C1C[C@@]3(O)[C@H](OC(=O)c5cc6ccc(OC)cc6oc5=O)C1[C@]4(OC(C)=O)[C@@H](O)[C@@H]3OC)[C@@H](OC)C[C@H]2O. The zero-order chi connectivity index (χ0) is 37.3. The molecule has 1 aromatic heterocycles. The van der Waals surface area contributed by atoms with E-state index >= 15 is 0 Å². The van der Waals surface area contributed by atoms with Crippen LogP contribution in [0.1, 0.15) is 37.0 Å². The van der Waals surface area contributed by atoms with Crippen LogP contribution in [-0.4, -0.2) is 140 Å². The molecule has 15 atom stereocenters. The van der Waals surface area contributed by atoms with Crippen LogP contribution in [0.5, 0.6) is 5.75 Å². The van der Waals surface area contributed by atoms with Crippen LogP contribution in [0.3, 0.4) is 0 Å². The van der Waals surface area contributed by atoms with Gasteiger partial charge in [0.1, 0.15) is 46.4 Å². The summed E-state index contributed by atoms with van der Waals surface area (Å²) in [5, 5.41) is 37.8. The van der Waals surface area contributed by atoms with Crippen molar-refractivity contribution in [2.75, 3.05) is 48.6 Å². The second-order valence-corrected chi connectivity index (χ2v) is 15.4. The van der Waals surface area contributed by atoms with Crippen molar-refractivity contribution in [1.29, 1.82) is 0 Å². The number of hydrogen-bond donors (Lipinski definition) is 3. The molecule has 5 aliphatic carbocycles. The maximum Gasteiger partial charge on any atom is 0.351 e. The minimum Gasteiger partial charge on any atom is -0.497 e. The van der Waals surface area contributed by atoms with E-state index < -0.39 is 112 Å². The molecule has 6 fully saturated rings. The topological polar surface area (TPSA) is 193 Å². The molecule has 1 spiro atoms. The Balaban J connectivity index is 1.36. The number of likely N-dealkylation sites (tertiary alicyclic amines) is 1. The average Bonchev–Trinajstić information content (AvgIpc) is 3.49. The Morgan fingerprint density at radius 3 is 2.38 bits per heavy atom. The third kappa shape index (κ3) is 4.05. The molecule has 8 rings (SSSR count). The van der Waals surface area contributed by atoms with Crippen molar-refractivity contribution in [2.45, 2.75) is 86.2 Å². The number of aliphatic hydroxyl groups excluding tert-OH is 2. The molecule has 7 bridgehead atoms. The molecule has 284 valence electrons. The van der Waals surface area contributed by atoms with Crippen molar-refractivity contribution in [1.82, 2.24) is 4.90 Å². The molecule has 3 N–H and O–H groups in total. The summed E-state index contributed by atoms with van der Waals surface area (Å²) < 4.78 is 48.5. The minimum absolute atomic E-state index is 0.0657. The Labute approximate surface area is 300 Å². The summed E-state index contributed by atoms with van der Waals surface area (Å²) in [5.74, 6) is -4.39.